The fraction of sp³-hybridized carbons (Fsp3) is 0.562. The van der Waals surface area contributed by atoms with Crippen LogP contribution in [0.25, 0.3) is 0 Å². The Bertz CT molecular complexity index is 617. The molecule has 23 heavy (non-hydrogen) atoms. The third-order valence-corrected chi connectivity index (χ3v) is 5.15. The van der Waals surface area contributed by atoms with Crippen molar-refractivity contribution in [3.8, 4) is 0 Å². The van der Waals surface area contributed by atoms with Gasteiger partial charge in [0.25, 0.3) is 5.91 Å². The van der Waals surface area contributed by atoms with Gasteiger partial charge in [0.15, 0.2) is 0 Å². The van der Waals surface area contributed by atoms with Gasteiger partial charge in [0.2, 0.25) is 0 Å². The highest BCUT2D eigenvalue weighted by Gasteiger charge is 2.48. The molecule has 2 fully saturated rings. The molecule has 4 unspecified atom stereocenters. The first-order chi connectivity index (χ1) is 10.8. The Kier molecular flexibility index (Phi) is 4.08. The van der Waals surface area contributed by atoms with Crippen molar-refractivity contribution in [1.82, 2.24) is 5.32 Å². The number of carbonyl (C=O) groups is 1. The SMILES string of the molecule is O=C(NC1C2CCC(C2)C1CO)c1cccc(C(F)(F)F)c1F. The van der Waals surface area contributed by atoms with Crippen LogP contribution < -0.4 is 5.32 Å². The van der Waals surface area contributed by atoms with E-state index in [4.69, 9.17) is 0 Å². The van der Waals surface area contributed by atoms with Gasteiger partial charge in [0.1, 0.15) is 5.82 Å². The van der Waals surface area contributed by atoms with Crippen LogP contribution in [-0.2, 0) is 6.18 Å². The monoisotopic (exact) mass is 331 g/mol. The molecule has 2 aliphatic rings. The summed E-state index contributed by atoms with van der Waals surface area (Å²) in [6, 6.07) is 2.37. The molecule has 1 aromatic rings. The number of fused-ring (bicyclic) bond motifs is 2. The molecular weight excluding hydrogens is 314 g/mol. The van der Waals surface area contributed by atoms with E-state index in [2.05, 4.69) is 5.32 Å². The lowest BCUT2D eigenvalue weighted by Crippen LogP contribution is -2.45. The van der Waals surface area contributed by atoms with Gasteiger partial charge in [0.05, 0.1) is 11.1 Å². The molecule has 0 aromatic heterocycles. The number of hydrogen-bond acceptors (Lipinski definition) is 2. The lowest BCUT2D eigenvalue weighted by molar-refractivity contribution is -0.140. The Morgan fingerprint density at radius 1 is 1.26 bits per heavy atom. The molecule has 2 N–H and O–H groups in total. The molecule has 0 radical (unpaired) electrons. The first kappa shape index (κ1) is 16.2. The smallest absolute Gasteiger partial charge is 0.396 e. The van der Waals surface area contributed by atoms with Crippen molar-refractivity contribution in [2.75, 3.05) is 6.61 Å². The zero-order valence-electron chi connectivity index (χ0n) is 12.2. The molecule has 0 aliphatic heterocycles. The van der Waals surface area contributed by atoms with Crippen molar-refractivity contribution in [2.45, 2.75) is 31.5 Å². The van der Waals surface area contributed by atoms with Crippen molar-refractivity contribution >= 4 is 5.91 Å². The first-order valence-corrected chi connectivity index (χ1v) is 7.60. The number of rotatable bonds is 3. The van der Waals surface area contributed by atoms with Crippen molar-refractivity contribution in [3.63, 3.8) is 0 Å². The lowest BCUT2D eigenvalue weighted by atomic mass is 9.85. The van der Waals surface area contributed by atoms with Crippen molar-refractivity contribution < 1.29 is 27.5 Å². The average Bonchev–Trinajstić information content (AvgIpc) is 3.07. The summed E-state index contributed by atoms with van der Waals surface area (Å²) >= 11 is 0. The van der Waals surface area contributed by atoms with Crippen LogP contribution in [-0.4, -0.2) is 23.7 Å². The van der Waals surface area contributed by atoms with Crippen LogP contribution in [0.5, 0.6) is 0 Å². The molecule has 0 spiro atoms. The van der Waals surface area contributed by atoms with E-state index in [9.17, 15) is 27.5 Å². The van der Waals surface area contributed by atoms with Gasteiger partial charge in [-0.05, 0) is 43.2 Å². The number of aliphatic hydroxyl groups excluding tert-OH is 1. The number of benzene rings is 1. The Hall–Kier alpha value is -1.63. The maximum Gasteiger partial charge on any atom is 0.419 e. The Balaban J connectivity index is 1.82. The summed E-state index contributed by atoms with van der Waals surface area (Å²) in [5.74, 6) is -1.99. The van der Waals surface area contributed by atoms with E-state index in [1.807, 2.05) is 0 Å². The van der Waals surface area contributed by atoms with E-state index in [0.717, 1.165) is 31.4 Å². The fourth-order valence-electron chi connectivity index (χ4n) is 4.05. The molecule has 1 amide bonds. The molecule has 0 heterocycles. The number of carbonyl (C=O) groups excluding carboxylic acids is 1. The van der Waals surface area contributed by atoms with Crippen LogP contribution >= 0.6 is 0 Å². The summed E-state index contributed by atoms with van der Waals surface area (Å²) in [4.78, 5) is 12.2. The van der Waals surface area contributed by atoms with Crippen LogP contribution in [0.15, 0.2) is 18.2 Å². The van der Waals surface area contributed by atoms with E-state index >= 15 is 0 Å². The molecule has 2 saturated carbocycles. The van der Waals surface area contributed by atoms with Crippen molar-refractivity contribution in [1.29, 1.82) is 0 Å². The summed E-state index contributed by atoms with van der Waals surface area (Å²) in [7, 11) is 0. The van der Waals surface area contributed by atoms with E-state index in [1.54, 1.807) is 0 Å². The zero-order valence-corrected chi connectivity index (χ0v) is 12.2. The average molecular weight is 331 g/mol. The molecule has 7 heteroatoms. The largest absolute Gasteiger partial charge is 0.419 e. The highest BCUT2D eigenvalue weighted by molar-refractivity contribution is 5.95. The van der Waals surface area contributed by atoms with Gasteiger partial charge >= 0.3 is 6.18 Å². The molecule has 3 rings (SSSR count). The highest BCUT2D eigenvalue weighted by Crippen LogP contribution is 2.48. The van der Waals surface area contributed by atoms with Gasteiger partial charge in [-0.1, -0.05) is 6.07 Å². The number of nitrogens with one attached hydrogen (secondary N) is 1. The van der Waals surface area contributed by atoms with Crippen LogP contribution in [0.1, 0.15) is 35.2 Å². The molecule has 3 nitrogen and oxygen atoms in total. The molecule has 0 saturated heterocycles. The molecule has 2 bridgehead atoms. The predicted molar refractivity (Wildman–Crippen MR) is 74.1 cm³/mol. The van der Waals surface area contributed by atoms with Gasteiger partial charge in [-0.2, -0.15) is 13.2 Å². The normalized spacial score (nSPS) is 29.8. The third-order valence-electron chi connectivity index (χ3n) is 5.15. The molecule has 126 valence electrons. The minimum absolute atomic E-state index is 0.0861. The number of hydrogen-bond donors (Lipinski definition) is 2. The van der Waals surface area contributed by atoms with E-state index < -0.39 is 29.0 Å². The van der Waals surface area contributed by atoms with E-state index in [-0.39, 0.29) is 24.5 Å². The first-order valence-electron chi connectivity index (χ1n) is 7.60. The second-order valence-corrected chi connectivity index (χ2v) is 6.34. The maximum absolute atomic E-state index is 14.0. The van der Waals surface area contributed by atoms with Crippen molar-refractivity contribution in [2.24, 2.45) is 17.8 Å². The van der Waals surface area contributed by atoms with Gasteiger partial charge in [-0.15, -0.1) is 0 Å². The summed E-state index contributed by atoms with van der Waals surface area (Å²) < 4.78 is 52.2. The molecule has 1 aromatic carbocycles. The molecule has 2 aliphatic carbocycles. The van der Waals surface area contributed by atoms with Crippen molar-refractivity contribution in [3.05, 3.63) is 35.1 Å². The topological polar surface area (TPSA) is 49.3 Å². The summed E-state index contributed by atoms with van der Waals surface area (Å²) in [6.45, 7) is -0.0861. The number of alkyl halides is 3. The molecular formula is C16H17F4NO2. The molecule has 4 atom stereocenters. The summed E-state index contributed by atoms with van der Waals surface area (Å²) in [6.07, 6.45) is -2.06. The van der Waals surface area contributed by atoms with E-state index in [1.165, 1.54) is 0 Å². The second-order valence-electron chi connectivity index (χ2n) is 6.34. The maximum atomic E-state index is 14.0. The number of amides is 1. The Morgan fingerprint density at radius 3 is 2.61 bits per heavy atom. The van der Waals surface area contributed by atoms with Gasteiger partial charge in [-0.25, -0.2) is 4.39 Å². The van der Waals surface area contributed by atoms with Crippen LogP contribution in [0, 0.1) is 23.6 Å². The lowest BCUT2D eigenvalue weighted by Gasteiger charge is -2.30. The van der Waals surface area contributed by atoms with Crippen LogP contribution in [0.4, 0.5) is 17.6 Å². The number of aliphatic hydroxyl groups is 1. The number of halogens is 4. The van der Waals surface area contributed by atoms with E-state index in [0.29, 0.717) is 12.0 Å². The quantitative estimate of drug-likeness (QED) is 0.837. The Labute approximate surface area is 130 Å². The minimum Gasteiger partial charge on any atom is -0.396 e. The predicted octanol–water partition coefficient (Wildman–Crippen LogP) is 2.98. The summed E-state index contributed by atoms with van der Waals surface area (Å²) in [5, 5.41) is 12.1. The second kappa shape index (κ2) is 5.78. The Morgan fingerprint density at radius 2 is 1.96 bits per heavy atom. The third kappa shape index (κ3) is 2.82. The highest BCUT2D eigenvalue weighted by atomic mass is 19.4. The van der Waals surface area contributed by atoms with Crippen LogP contribution in [0.2, 0.25) is 0 Å². The van der Waals surface area contributed by atoms with Gasteiger partial charge in [0, 0.05) is 18.6 Å². The van der Waals surface area contributed by atoms with Gasteiger partial charge < -0.3 is 10.4 Å². The standard InChI is InChI=1S/C16H17F4NO2/c17-13-10(2-1-3-12(13)16(18,19)20)15(23)21-14-9-5-4-8(6-9)11(14)7-22/h1-3,8-9,11,14,22H,4-7H2,(H,21,23). The summed E-state index contributed by atoms with van der Waals surface area (Å²) in [5.41, 5.74) is -2.06. The van der Waals surface area contributed by atoms with Crippen LogP contribution in [0.3, 0.4) is 0 Å². The zero-order chi connectivity index (χ0) is 16.8. The minimum atomic E-state index is -4.85. The van der Waals surface area contributed by atoms with Gasteiger partial charge in [-0.3, -0.25) is 4.79 Å². The fourth-order valence-corrected chi connectivity index (χ4v) is 4.05.